The van der Waals surface area contributed by atoms with Crippen LogP contribution in [0.5, 0.6) is 0 Å². The van der Waals surface area contributed by atoms with Crippen LogP contribution in [0.4, 0.5) is 5.69 Å². The van der Waals surface area contributed by atoms with Gasteiger partial charge < -0.3 is 10.2 Å². The average molecular weight is 322 g/mol. The summed E-state index contributed by atoms with van der Waals surface area (Å²) in [5.74, 6) is -0.379. The van der Waals surface area contributed by atoms with E-state index in [0.29, 0.717) is 13.1 Å². The summed E-state index contributed by atoms with van der Waals surface area (Å²) in [6.07, 6.45) is 1.70. The fourth-order valence-electron chi connectivity index (χ4n) is 2.99. The smallest absolute Gasteiger partial charge is 0.233 e. The minimum absolute atomic E-state index is 0.113. The zero-order chi connectivity index (χ0) is 16.9. The second kappa shape index (κ2) is 7.30. The quantitative estimate of drug-likeness (QED) is 0.879. The predicted octanol–water partition coefficient (Wildman–Crippen LogP) is 3.16. The van der Waals surface area contributed by atoms with Gasteiger partial charge in [0.2, 0.25) is 11.8 Å². The molecule has 0 spiro atoms. The van der Waals surface area contributed by atoms with Gasteiger partial charge in [-0.15, -0.1) is 0 Å². The molecule has 1 heterocycles. The number of hydrogen-bond donors (Lipinski definition) is 1. The Kier molecular flexibility index (Phi) is 4.94. The molecule has 0 aromatic heterocycles. The highest BCUT2D eigenvalue weighted by Gasteiger charge is 2.22. The molecule has 2 aromatic carbocycles. The number of carbonyl (C=O) groups excluding carboxylic acids is 2. The molecular weight excluding hydrogens is 300 g/mol. The van der Waals surface area contributed by atoms with Crippen molar-refractivity contribution in [3.8, 4) is 0 Å². The molecular formula is C20H22N2O2. The molecule has 0 unspecified atom stereocenters. The molecule has 0 atom stereocenters. The van der Waals surface area contributed by atoms with E-state index in [0.717, 1.165) is 18.5 Å². The van der Waals surface area contributed by atoms with Crippen LogP contribution in [-0.4, -0.2) is 23.3 Å². The Morgan fingerprint density at radius 3 is 2.46 bits per heavy atom. The van der Waals surface area contributed by atoms with Crippen LogP contribution >= 0.6 is 0 Å². The van der Waals surface area contributed by atoms with Gasteiger partial charge in [0.05, 0.1) is 0 Å². The van der Waals surface area contributed by atoms with E-state index in [4.69, 9.17) is 0 Å². The van der Waals surface area contributed by atoms with Crippen LogP contribution in [0, 0.1) is 0 Å². The number of amides is 2. The molecule has 2 amide bonds. The summed E-state index contributed by atoms with van der Waals surface area (Å²) >= 11 is 0. The summed E-state index contributed by atoms with van der Waals surface area (Å²) in [5.41, 5.74) is 4.42. The van der Waals surface area contributed by atoms with Gasteiger partial charge in [-0.1, -0.05) is 43.3 Å². The van der Waals surface area contributed by atoms with E-state index in [-0.39, 0.29) is 18.2 Å². The Labute approximate surface area is 142 Å². The topological polar surface area (TPSA) is 49.4 Å². The third-order valence-corrected chi connectivity index (χ3v) is 4.44. The third-order valence-electron chi connectivity index (χ3n) is 4.44. The Bertz CT molecular complexity index is 738. The minimum atomic E-state index is -0.261. The van der Waals surface area contributed by atoms with Crippen LogP contribution < -0.4 is 5.32 Å². The zero-order valence-corrected chi connectivity index (χ0v) is 13.9. The maximum atomic E-state index is 12.4. The summed E-state index contributed by atoms with van der Waals surface area (Å²) in [5, 5.41) is 2.80. The van der Waals surface area contributed by atoms with Crippen molar-refractivity contribution in [3.05, 3.63) is 65.2 Å². The predicted molar refractivity (Wildman–Crippen MR) is 94.6 cm³/mol. The van der Waals surface area contributed by atoms with E-state index in [1.54, 1.807) is 4.90 Å². The van der Waals surface area contributed by atoms with Crippen molar-refractivity contribution in [1.29, 1.82) is 0 Å². The standard InChI is InChI=1S/C20H22N2O2/c1-2-15-7-9-18(10-8-15)21-19(23)13-20(24)22-12-11-16-5-3-4-6-17(16)14-22/h3-10H,2,11-14H2,1H3,(H,21,23). The SMILES string of the molecule is CCc1ccc(NC(=O)CC(=O)N2CCc3ccccc3C2)cc1. The highest BCUT2D eigenvalue weighted by Crippen LogP contribution is 2.19. The van der Waals surface area contributed by atoms with Crippen LogP contribution in [0.15, 0.2) is 48.5 Å². The summed E-state index contributed by atoms with van der Waals surface area (Å²) in [7, 11) is 0. The first kappa shape index (κ1) is 16.2. The summed E-state index contributed by atoms with van der Waals surface area (Å²) in [6, 6.07) is 15.9. The van der Waals surface area contributed by atoms with E-state index in [1.165, 1.54) is 16.7 Å². The van der Waals surface area contributed by atoms with Crippen LogP contribution in [0.2, 0.25) is 0 Å². The van der Waals surface area contributed by atoms with E-state index in [1.807, 2.05) is 42.5 Å². The van der Waals surface area contributed by atoms with Crippen LogP contribution in [-0.2, 0) is 29.0 Å². The largest absolute Gasteiger partial charge is 0.338 e. The van der Waals surface area contributed by atoms with Crippen LogP contribution in [0.1, 0.15) is 30.0 Å². The Balaban J connectivity index is 1.55. The van der Waals surface area contributed by atoms with Crippen molar-refractivity contribution in [3.63, 3.8) is 0 Å². The molecule has 1 aliphatic heterocycles. The molecule has 0 bridgehead atoms. The number of hydrogen-bond acceptors (Lipinski definition) is 2. The molecule has 2 aromatic rings. The number of rotatable bonds is 4. The number of benzene rings is 2. The molecule has 124 valence electrons. The third kappa shape index (κ3) is 3.82. The highest BCUT2D eigenvalue weighted by molar-refractivity contribution is 6.03. The van der Waals surface area contributed by atoms with Gasteiger partial charge >= 0.3 is 0 Å². The van der Waals surface area contributed by atoms with Crippen molar-refractivity contribution < 1.29 is 9.59 Å². The van der Waals surface area contributed by atoms with Gasteiger partial charge in [-0.3, -0.25) is 9.59 Å². The van der Waals surface area contributed by atoms with Crippen molar-refractivity contribution in [2.24, 2.45) is 0 Å². The Morgan fingerprint density at radius 1 is 1.04 bits per heavy atom. The Morgan fingerprint density at radius 2 is 1.75 bits per heavy atom. The van der Waals surface area contributed by atoms with E-state index >= 15 is 0 Å². The van der Waals surface area contributed by atoms with Crippen molar-refractivity contribution >= 4 is 17.5 Å². The fraction of sp³-hybridized carbons (Fsp3) is 0.300. The lowest BCUT2D eigenvalue weighted by molar-refractivity contribution is -0.135. The molecule has 0 saturated heterocycles. The van der Waals surface area contributed by atoms with Gasteiger partial charge in [0, 0.05) is 18.8 Å². The van der Waals surface area contributed by atoms with Crippen molar-refractivity contribution in [1.82, 2.24) is 4.90 Å². The molecule has 1 N–H and O–H groups in total. The summed E-state index contributed by atoms with van der Waals surface area (Å²) in [6.45, 7) is 3.35. The number of nitrogens with zero attached hydrogens (tertiary/aromatic N) is 1. The average Bonchev–Trinajstić information content (AvgIpc) is 2.61. The zero-order valence-electron chi connectivity index (χ0n) is 13.9. The maximum absolute atomic E-state index is 12.4. The van der Waals surface area contributed by atoms with E-state index < -0.39 is 0 Å². The first-order valence-corrected chi connectivity index (χ1v) is 8.39. The van der Waals surface area contributed by atoms with Gasteiger partial charge in [-0.2, -0.15) is 0 Å². The van der Waals surface area contributed by atoms with E-state index in [9.17, 15) is 9.59 Å². The molecule has 4 heteroatoms. The minimum Gasteiger partial charge on any atom is -0.338 e. The van der Waals surface area contributed by atoms with Gasteiger partial charge in [0.15, 0.2) is 0 Å². The second-order valence-corrected chi connectivity index (χ2v) is 6.11. The lowest BCUT2D eigenvalue weighted by atomic mass is 10.00. The lowest BCUT2D eigenvalue weighted by Crippen LogP contribution is -2.37. The van der Waals surface area contributed by atoms with Gasteiger partial charge in [0.25, 0.3) is 0 Å². The fourth-order valence-corrected chi connectivity index (χ4v) is 2.99. The molecule has 0 aliphatic carbocycles. The van der Waals surface area contributed by atoms with Crippen molar-refractivity contribution in [2.45, 2.75) is 32.7 Å². The summed E-state index contributed by atoms with van der Waals surface area (Å²) < 4.78 is 0. The first-order chi connectivity index (χ1) is 11.7. The van der Waals surface area contributed by atoms with Crippen molar-refractivity contribution in [2.75, 3.05) is 11.9 Å². The van der Waals surface area contributed by atoms with Gasteiger partial charge in [0.1, 0.15) is 6.42 Å². The molecule has 24 heavy (non-hydrogen) atoms. The van der Waals surface area contributed by atoms with Crippen LogP contribution in [0.25, 0.3) is 0 Å². The van der Waals surface area contributed by atoms with E-state index in [2.05, 4.69) is 18.3 Å². The molecule has 0 fully saturated rings. The van der Waals surface area contributed by atoms with Gasteiger partial charge in [-0.25, -0.2) is 0 Å². The number of fused-ring (bicyclic) bond motifs is 1. The summed E-state index contributed by atoms with van der Waals surface area (Å²) in [4.78, 5) is 26.2. The molecule has 1 aliphatic rings. The van der Waals surface area contributed by atoms with Gasteiger partial charge in [-0.05, 0) is 41.7 Å². The molecule has 3 rings (SSSR count). The Hall–Kier alpha value is -2.62. The number of carbonyl (C=O) groups is 2. The molecule has 4 nitrogen and oxygen atoms in total. The first-order valence-electron chi connectivity index (χ1n) is 8.39. The normalized spacial score (nSPS) is 13.3. The monoisotopic (exact) mass is 322 g/mol. The van der Waals surface area contributed by atoms with Crippen LogP contribution in [0.3, 0.4) is 0 Å². The maximum Gasteiger partial charge on any atom is 0.233 e. The lowest BCUT2D eigenvalue weighted by Gasteiger charge is -2.28. The molecule has 0 saturated carbocycles. The number of aryl methyl sites for hydroxylation is 1. The number of nitrogens with one attached hydrogen (secondary N) is 1. The highest BCUT2D eigenvalue weighted by atomic mass is 16.2. The number of anilines is 1. The second-order valence-electron chi connectivity index (χ2n) is 6.11. The molecule has 0 radical (unpaired) electrons.